The first kappa shape index (κ1) is 14.6. The molecule has 0 saturated carbocycles. The second-order valence-electron chi connectivity index (χ2n) is 4.37. The van der Waals surface area contributed by atoms with E-state index in [1.807, 2.05) is 6.07 Å². The molecule has 0 aliphatic carbocycles. The molecule has 4 nitrogen and oxygen atoms in total. The Morgan fingerprint density at radius 2 is 2.41 bits per heavy atom. The van der Waals surface area contributed by atoms with Crippen molar-refractivity contribution in [1.82, 2.24) is 20.2 Å². The topological polar surface area (TPSA) is 41.1 Å². The highest BCUT2D eigenvalue weighted by molar-refractivity contribution is 6.28. The van der Waals surface area contributed by atoms with E-state index in [4.69, 9.17) is 11.6 Å². The van der Waals surface area contributed by atoms with Gasteiger partial charge in [-0.15, -0.1) is 12.4 Å². The molecule has 1 unspecified atom stereocenters. The molecule has 6 heteroatoms. The molecule has 2 heterocycles. The maximum absolute atomic E-state index is 5.75. The third kappa shape index (κ3) is 4.76. The summed E-state index contributed by atoms with van der Waals surface area (Å²) in [5.74, 6) is 0.766. The van der Waals surface area contributed by atoms with Crippen molar-refractivity contribution in [2.75, 3.05) is 26.7 Å². The van der Waals surface area contributed by atoms with Crippen LogP contribution in [0.25, 0.3) is 0 Å². The maximum atomic E-state index is 5.75. The minimum absolute atomic E-state index is 0. The van der Waals surface area contributed by atoms with Crippen molar-refractivity contribution in [3.05, 3.63) is 23.2 Å². The molecule has 0 spiro atoms. The number of hydrogen-bond donors (Lipinski definition) is 1. The van der Waals surface area contributed by atoms with Gasteiger partial charge in [-0.1, -0.05) is 0 Å². The zero-order valence-corrected chi connectivity index (χ0v) is 11.5. The van der Waals surface area contributed by atoms with Gasteiger partial charge in [0.05, 0.1) is 5.69 Å². The van der Waals surface area contributed by atoms with Crippen molar-refractivity contribution < 1.29 is 0 Å². The summed E-state index contributed by atoms with van der Waals surface area (Å²) in [4.78, 5) is 10.3. The first-order chi connectivity index (χ1) is 7.74. The van der Waals surface area contributed by atoms with Crippen LogP contribution in [0.4, 0.5) is 0 Å². The second kappa shape index (κ2) is 7.11. The number of nitrogens with one attached hydrogen (secondary N) is 1. The molecule has 1 aliphatic rings. The molecule has 96 valence electrons. The van der Waals surface area contributed by atoms with Crippen molar-refractivity contribution in [3.8, 4) is 0 Å². The van der Waals surface area contributed by atoms with Gasteiger partial charge in [-0.25, -0.2) is 9.97 Å². The Morgan fingerprint density at radius 3 is 3.06 bits per heavy atom. The smallest absolute Gasteiger partial charge is 0.222 e. The Balaban J connectivity index is 0.00000144. The quantitative estimate of drug-likeness (QED) is 0.849. The summed E-state index contributed by atoms with van der Waals surface area (Å²) in [5.41, 5.74) is 0.980. The summed E-state index contributed by atoms with van der Waals surface area (Å²) in [6.45, 7) is 4.22. The van der Waals surface area contributed by atoms with Gasteiger partial charge in [0.2, 0.25) is 5.28 Å². The summed E-state index contributed by atoms with van der Waals surface area (Å²) in [6, 6.07) is 1.91. The van der Waals surface area contributed by atoms with Gasteiger partial charge in [-0.2, -0.15) is 0 Å². The fourth-order valence-corrected chi connectivity index (χ4v) is 2.27. The van der Waals surface area contributed by atoms with Gasteiger partial charge in [-0.05, 0) is 50.1 Å². The third-order valence-corrected chi connectivity index (χ3v) is 3.03. The lowest BCUT2D eigenvalue weighted by atomic mass is 10.1. The van der Waals surface area contributed by atoms with Crippen molar-refractivity contribution in [1.29, 1.82) is 0 Å². The number of halogens is 2. The molecule has 0 aromatic carbocycles. The number of rotatable bonds is 4. The molecule has 1 N–H and O–H groups in total. The Bertz CT molecular complexity index is 342. The van der Waals surface area contributed by atoms with E-state index in [1.54, 1.807) is 6.20 Å². The Kier molecular flexibility index (Phi) is 6.12. The van der Waals surface area contributed by atoms with Crippen LogP contribution in [0.15, 0.2) is 12.3 Å². The SMILES string of the molecule is CN(Cc1ccnc(Cl)n1)CC1CCNC1.Cl. The summed E-state index contributed by atoms with van der Waals surface area (Å²) in [6.07, 6.45) is 2.98. The molecule has 1 aromatic heterocycles. The molecule has 2 rings (SSSR count). The van der Waals surface area contributed by atoms with Crippen LogP contribution in [0.1, 0.15) is 12.1 Å². The Hall–Kier alpha value is -0.420. The van der Waals surface area contributed by atoms with E-state index in [-0.39, 0.29) is 12.4 Å². The van der Waals surface area contributed by atoms with Gasteiger partial charge >= 0.3 is 0 Å². The summed E-state index contributed by atoms with van der Waals surface area (Å²) >= 11 is 5.75. The molecule has 1 aliphatic heterocycles. The highest BCUT2D eigenvalue weighted by atomic mass is 35.5. The van der Waals surface area contributed by atoms with Crippen LogP contribution < -0.4 is 5.32 Å². The van der Waals surface area contributed by atoms with Gasteiger partial charge in [0, 0.05) is 19.3 Å². The standard InChI is InChI=1S/C11H17ClN4.ClH/c1-16(7-9-2-4-13-6-9)8-10-3-5-14-11(12)15-10;/h3,5,9,13H,2,4,6-8H2,1H3;1H. The van der Waals surface area contributed by atoms with Gasteiger partial charge in [0.1, 0.15) is 0 Å². The molecule has 0 bridgehead atoms. The molecule has 1 aromatic rings. The highest BCUT2D eigenvalue weighted by Crippen LogP contribution is 2.10. The molecule has 0 amide bonds. The third-order valence-electron chi connectivity index (χ3n) is 2.85. The average molecular weight is 277 g/mol. The average Bonchev–Trinajstić information content (AvgIpc) is 2.70. The molecular weight excluding hydrogens is 259 g/mol. The monoisotopic (exact) mass is 276 g/mol. The van der Waals surface area contributed by atoms with Crippen LogP contribution >= 0.6 is 24.0 Å². The number of nitrogens with zero attached hydrogens (tertiary/aromatic N) is 3. The molecular formula is C11H18Cl2N4. The van der Waals surface area contributed by atoms with E-state index in [0.29, 0.717) is 5.28 Å². The zero-order valence-electron chi connectivity index (χ0n) is 9.90. The summed E-state index contributed by atoms with van der Waals surface area (Å²) in [7, 11) is 2.12. The fraction of sp³-hybridized carbons (Fsp3) is 0.636. The summed E-state index contributed by atoms with van der Waals surface area (Å²) < 4.78 is 0. The fourth-order valence-electron chi connectivity index (χ4n) is 2.11. The van der Waals surface area contributed by atoms with Crippen molar-refractivity contribution in [2.24, 2.45) is 5.92 Å². The number of aromatic nitrogens is 2. The van der Waals surface area contributed by atoms with Crippen LogP contribution in [0.2, 0.25) is 5.28 Å². The Labute approximate surface area is 113 Å². The van der Waals surface area contributed by atoms with E-state index in [0.717, 1.165) is 37.8 Å². The Morgan fingerprint density at radius 1 is 1.59 bits per heavy atom. The first-order valence-electron chi connectivity index (χ1n) is 5.61. The largest absolute Gasteiger partial charge is 0.316 e. The molecule has 17 heavy (non-hydrogen) atoms. The minimum Gasteiger partial charge on any atom is -0.316 e. The van der Waals surface area contributed by atoms with Crippen LogP contribution in [0, 0.1) is 5.92 Å². The van der Waals surface area contributed by atoms with Gasteiger partial charge < -0.3 is 10.2 Å². The molecule has 1 fully saturated rings. The van der Waals surface area contributed by atoms with Crippen molar-refractivity contribution in [3.63, 3.8) is 0 Å². The lowest BCUT2D eigenvalue weighted by Crippen LogP contribution is -2.27. The van der Waals surface area contributed by atoms with Crippen LogP contribution in [0.5, 0.6) is 0 Å². The lowest BCUT2D eigenvalue weighted by molar-refractivity contribution is 0.275. The van der Waals surface area contributed by atoms with Gasteiger partial charge in [0.15, 0.2) is 0 Å². The summed E-state index contributed by atoms with van der Waals surface area (Å²) in [5, 5.41) is 3.70. The minimum atomic E-state index is 0. The number of hydrogen-bond acceptors (Lipinski definition) is 4. The van der Waals surface area contributed by atoms with Gasteiger partial charge in [0.25, 0.3) is 0 Å². The van der Waals surface area contributed by atoms with E-state index in [1.165, 1.54) is 6.42 Å². The maximum Gasteiger partial charge on any atom is 0.222 e. The molecule has 0 radical (unpaired) electrons. The zero-order chi connectivity index (χ0) is 11.4. The van der Waals surface area contributed by atoms with E-state index < -0.39 is 0 Å². The second-order valence-corrected chi connectivity index (χ2v) is 4.71. The molecule has 1 atom stereocenters. The lowest BCUT2D eigenvalue weighted by Gasteiger charge is -2.19. The van der Waals surface area contributed by atoms with Crippen LogP contribution in [-0.2, 0) is 6.54 Å². The predicted octanol–water partition coefficient (Wildman–Crippen LogP) is 1.59. The normalized spacial score (nSPS) is 19.4. The van der Waals surface area contributed by atoms with E-state index >= 15 is 0 Å². The predicted molar refractivity (Wildman–Crippen MR) is 71.6 cm³/mol. The first-order valence-corrected chi connectivity index (χ1v) is 5.98. The van der Waals surface area contributed by atoms with Crippen LogP contribution in [-0.4, -0.2) is 41.5 Å². The van der Waals surface area contributed by atoms with Crippen LogP contribution in [0.3, 0.4) is 0 Å². The van der Waals surface area contributed by atoms with Crippen molar-refractivity contribution in [2.45, 2.75) is 13.0 Å². The molecule has 1 saturated heterocycles. The van der Waals surface area contributed by atoms with Gasteiger partial charge in [-0.3, -0.25) is 0 Å². The van der Waals surface area contributed by atoms with E-state index in [2.05, 4.69) is 27.2 Å². The highest BCUT2D eigenvalue weighted by Gasteiger charge is 2.16. The van der Waals surface area contributed by atoms with Crippen molar-refractivity contribution >= 4 is 24.0 Å². The van der Waals surface area contributed by atoms with E-state index in [9.17, 15) is 0 Å².